The fraction of sp³-hybridized carbons (Fsp3) is 0.267. The van der Waals surface area contributed by atoms with Gasteiger partial charge in [-0.25, -0.2) is 12.8 Å². The van der Waals surface area contributed by atoms with E-state index in [4.69, 9.17) is 0 Å². The molecular formula is C15H15FN2O2S. The molecule has 0 aliphatic carbocycles. The number of aromatic nitrogens is 1. The molecule has 0 bridgehead atoms. The number of fused-ring (bicyclic) bond motifs is 1. The summed E-state index contributed by atoms with van der Waals surface area (Å²) in [5.74, 6) is -0.338. The zero-order valence-electron chi connectivity index (χ0n) is 11.3. The number of sulfone groups is 1. The van der Waals surface area contributed by atoms with Crippen molar-refractivity contribution in [3.05, 3.63) is 59.7 Å². The third-order valence-electron chi connectivity index (χ3n) is 3.63. The molecule has 1 unspecified atom stereocenters. The second-order valence-electron chi connectivity index (χ2n) is 5.08. The standard InChI is InChI=1S/C15H15FN2O2S/c16-12-3-4-15-13(8-12)14(5-7-21(15,19)20)18-10-11-2-1-6-17-9-11/h1-4,6,8-9,14,18H,5,7,10H2. The quantitative estimate of drug-likeness (QED) is 0.884. The van der Waals surface area contributed by atoms with Crippen LogP contribution in [0.4, 0.5) is 4.39 Å². The van der Waals surface area contributed by atoms with Gasteiger partial charge in [0.15, 0.2) is 9.84 Å². The van der Waals surface area contributed by atoms with E-state index in [-0.39, 0.29) is 16.7 Å². The molecule has 2 heterocycles. The van der Waals surface area contributed by atoms with Crippen LogP contribution in [0.2, 0.25) is 0 Å². The molecule has 110 valence electrons. The van der Waals surface area contributed by atoms with Gasteiger partial charge in [0.05, 0.1) is 10.6 Å². The van der Waals surface area contributed by atoms with Gasteiger partial charge in [-0.05, 0) is 41.8 Å². The Morgan fingerprint density at radius 1 is 1.33 bits per heavy atom. The lowest BCUT2D eigenvalue weighted by Gasteiger charge is -2.26. The highest BCUT2D eigenvalue weighted by molar-refractivity contribution is 7.91. The molecule has 0 radical (unpaired) electrons. The summed E-state index contributed by atoms with van der Waals surface area (Å²) < 4.78 is 37.5. The Balaban J connectivity index is 1.86. The Hall–Kier alpha value is -1.79. The molecule has 0 saturated carbocycles. The van der Waals surface area contributed by atoms with Gasteiger partial charge < -0.3 is 5.32 Å². The van der Waals surface area contributed by atoms with E-state index in [0.717, 1.165) is 5.56 Å². The minimum absolute atomic E-state index is 0.0797. The van der Waals surface area contributed by atoms with E-state index >= 15 is 0 Å². The maximum Gasteiger partial charge on any atom is 0.178 e. The lowest BCUT2D eigenvalue weighted by molar-refractivity contribution is 0.487. The molecule has 1 atom stereocenters. The van der Waals surface area contributed by atoms with Crippen LogP contribution in [0.5, 0.6) is 0 Å². The van der Waals surface area contributed by atoms with Crippen molar-refractivity contribution in [2.75, 3.05) is 5.75 Å². The maximum atomic E-state index is 13.5. The average Bonchev–Trinajstić information content (AvgIpc) is 2.47. The summed E-state index contributed by atoms with van der Waals surface area (Å²) in [7, 11) is -3.29. The topological polar surface area (TPSA) is 59.1 Å². The number of halogens is 1. The molecule has 4 nitrogen and oxygen atoms in total. The van der Waals surface area contributed by atoms with Crippen molar-refractivity contribution < 1.29 is 12.8 Å². The summed E-state index contributed by atoms with van der Waals surface area (Å²) >= 11 is 0. The summed E-state index contributed by atoms with van der Waals surface area (Å²) in [6.45, 7) is 0.564. The second kappa shape index (κ2) is 5.54. The van der Waals surface area contributed by atoms with E-state index in [1.165, 1.54) is 18.2 Å². The lowest BCUT2D eigenvalue weighted by Crippen LogP contribution is -2.29. The summed E-state index contributed by atoms with van der Waals surface area (Å²) in [6.07, 6.45) is 3.89. The first-order valence-electron chi connectivity index (χ1n) is 6.71. The molecule has 6 heteroatoms. The van der Waals surface area contributed by atoms with Gasteiger partial charge in [0.1, 0.15) is 5.82 Å². The lowest BCUT2D eigenvalue weighted by atomic mass is 10.0. The predicted molar refractivity (Wildman–Crippen MR) is 76.9 cm³/mol. The highest BCUT2D eigenvalue weighted by Gasteiger charge is 2.30. The van der Waals surface area contributed by atoms with Crippen LogP contribution < -0.4 is 5.32 Å². The van der Waals surface area contributed by atoms with Gasteiger partial charge >= 0.3 is 0 Å². The normalized spacial score (nSPS) is 20.0. The first-order chi connectivity index (χ1) is 10.1. The number of pyridine rings is 1. The number of hydrogen-bond donors (Lipinski definition) is 1. The average molecular weight is 306 g/mol. The first-order valence-corrected chi connectivity index (χ1v) is 8.36. The van der Waals surface area contributed by atoms with Gasteiger partial charge in [0.2, 0.25) is 0 Å². The van der Waals surface area contributed by atoms with E-state index in [9.17, 15) is 12.8 Å². The van der Waals surface area contributed by atoms with Crippen molar-refractivity contribution in [3.8, 4) is 0 Å². The number of hydrogen-bond acceptors (Lipinski definition) is 4. The van der Waals surface area contributed by atoms with Crippen molar-refractivity contribution in [2.45, 2.75) is 23.9 Å². The molecule has 3 rings (SSSR count). The summed E-state index contributed by atoms with van der Waals surface area (Å²) in [5.41, 5.74) is 1.52. The second-order valence-corrected chi connectivity index (χ2v) is 7.16. The minimum Gasteiger partial charge on any atom is -0.306 e. The molecule has 0 saturated heterocycles. The van der Waals surface area contributed by atoms with Crippen LogP contribution in [0, 0.1) is 5.82 Å². The van der Waals surface area contributed by atoms with Crippen molar-refractivity contribution >= 4 is 9.84 Å². The number of benzene rings is 1. The fourth-order valence-electron chi connectivity index (χ4n) is 2.57. The van der Waals surface area contributed by atoms with Crippen LogP contribution in [0.15, 0.2) is 47.6 Å². The predicted octanol–water partition coefficient (Wildman–Crippen LogP) is 2.23. The molecule has 21 heavy (non-hydrogen) atoms. The van der Waals surface area contributed by atoms with Gasteiger partial charge in [0.25, 0.3) is 0 Å². The van der Waals surface area contributed by atoms with Gasteiger partial charge in [-0.1, -0.05) is 6.07 Å². The van der Waals surface area contributed by atoms with Crippen molar-refractivity contribution in [2.24, 2.45) is 0 Å². The van der Waals surface area contributed by atoms with Crippen LogP contribution >= 0.6 is 0 Å². The molecule has 0 spiro atoms. The van der Waals surface area contributed by atoms with E-state index in [1.807, 2.05) is 12.1 Å². The van der Waals surface area contributed by atoms with Crippen LogP contribution in [-0.2, 0) is 16.4 Å². The zero-order chi connectivity index (χ0) is 14.9. The van der Waals surface area contributed by atoms with Crippen molar-refractivity contribution in [3.63, 3.8) is 0 Å². The van der Waals surface area contributed by atoms with Crippen LogP contribution in [-0.4, -0.2) is 19.2 Å². The number of nitrogens with one attached hydrogen (secondary N) is 1. The SMILES string of the molecule is O=S1(=O)CCC(NCc2cccnc2)c2cc(F)ccc21. The monoisotopic (exact) mass is 306 g/mol. The zero-order valence-corrected chi connectivity index (χ0v) is 12.1. The highest BCUT2D eigenvalue weighted by atomic mass is 32.2. The van der Waals surface area contributed by atoms with E-state index in [0.29, 0.717) is 18.5 Å². The fourth-order valence-corrected chi connectivity index (χ4v) is 4.17. The minimum atomic E-state index is -3.29. The van der Waals surface area contributed by atoms with Gasteiger partial charge in [-0.2, -0.15) is 0 Å². The summed E-state index contributed by atoms with van der Waals surface area (Å²) in [4.78, 5) is 4.27. The Morgan fingerprint density at radius 2 is 2.19 bits per heavy atom. The van der Waals surface area contributed by atoms with Crippen molar-refractivity contribution in [1.82, 2.24) is 10.3 Å². The van der Waals surface area contributed by atoms with Crippen molar-refractivity contribution in [1.29, 1.82) is 0 Å². The Morgan fingerprint density at radius 3 is 2.95 bits per heavy atom. The van der Waals surface area contributed by atoms with E-state index < -0.39 is 15.7 Å². The largest absolute Gasteiger partial charge is 0.306 e. The Kier molecular flexibility index (Phi) is 3.73. The molecule has 0 fully saturated rings. The molecule has 0 amide bonds. The van der Waals surface area contributed by atoms with Gasteiger partial charge in [0, 0.05) is 25.0 Å². The van der Waals surface area contributed by atoms with E-state index in [2.05, 4.69) is 10.3 Å². The third kappa shape index (κ3) is 2.96. The number of nitrogens with zero attached hydrogens (tertiary/aromatic N) is 1. The highest BCUT2D eigenvalue weighted by Crippen LogP contribution is 2.32. The van der Waals surface area contributed by atoms with Crippen LogP contribution in [0.1, 0.15) is 23.6 Å². The van der Waals surface area contributed by atoms with Gasteiger partial charge in [-0.15, -0.1) is 0 Å². The van der Waals surface area contributed by atoms with Crippen LogP contribution in [0.25, 0.3) is 0 Å². The Labute approximate surface area is 123 Å². The third-order valence-corrected chi connectivity index (χ3v) is 5.45. The van der Waals surface area contributed by atoms with Crippen LogP contribution in [0.3, 0.4) is 0 Å². The smallest absolute Gasteiger partial charge is 0.178 e. The molecule has 1 aliphatic heterocycles. The molecule has 2 aromatic rings. The van der Waals surface area contributed by atoms with Gasteiger partial charge in [-0.3, -0.25) is 4.98 Å². The molecule has 1 aliphatic rings. The molecule has 1 N–H and O–H groups in total. The molecule has 1 aromatic carbocycles. The molecule has 1 aromatic heterocycles. The summed E-state index contributed by atoms with van der Waals surface area (Å²) in [6, 6.07) is 7.48. The first kappa shape index (κ1) is 14.2. The number of rotatable bonds is 3. The van der Waals surface area contributed by atoms with E-state index in [1.54, 1.807) is 12.4 Å². The Bertz CT molecular complexity index is 748. The summed E-state index contributed by atoms with van der Waals surface area (Å²) in [5, 5.41) is 3.29. The maximum absolute atomic E-state index is 13.5. The molecular weight excluding hydrogens is 291 g/mol.